The largest absolute Gasteiger partial charge is 0.497 e. The van der Waals surface area contributed by atoms with Crippen LogP contribution in [0.5, 0.6) is 23.0 Å². The van der Waals surface area contributed by atoms with E-state index in [2.05, 4.69) is 4.57 Å². The number of benzene rings is 2. The molecule has 1 atom stereocenters. The van der Waals surface area contributed by atoms with Gasteiger partial charge in [-0.15, -0.1) is 0 Å². The van der Waals surface area contributed by atoms with Crippen molar-refractivity contribution in [3.8, 4) is 23.0 Å². The first kappa shape index (κ1) is 22.0. The minimum absolute atomic E-state index is 0.132. The average molecular weight is 459 g/mol. The maximum atomic E-state index is 13.8. The highest BCUT2D eigenvalue weighted by atomic mass is 32.2. The molecule has 2 aromatic carbocycles. The Hall–Kier alpha value is -3.17. The van der Waals surface area contributed by atoms with E-state index >= 15 is 0 Å². The van der Waals surface area contributed by atoms with E-state index in [4.69, 9.17) is 18.9 Å². The van der Waals surface area contributed by atoms with E-state index in [9.17, 15) is 8.42 Å². The van der Waals surface area contributed by atoms with E-state index in [1.807, 2.05) is 24.4 Å². The molecule has 8 nitrogen and oxygen atoms in total. The van der Waals surface area contributed by atoms with Gasteiger partial charge in [-0.3, -0.25) is 0 Å². The van der Waals surface area contributed by atoms with Crippen LogP contribution in [0.1, 0.15) is 17.3 Å². The van der Waals surface area contributed by atoms with Gasteiger partial charge in [0.05, 0.1) is 39.4 Å². The van der Waals surface area contributed by atoms with Crippen molar-refractivity contribution in [3.05, 3.63) is 66.0 Å². The van der Waals surface area contributed by atoms with Crippen molar-refractivity contribution in [2.75, 3.05) is 35.0 Å². The molecule has 2 heterocycles. The summed E-state index contributed by atoms with van der Waals surface area (Å²) in [5, 5.41) is 0. The Morgan fingerprint density at radius 3 is 2.25 bits per heavy atom. The molecule has 0 aliphatic carbocycles. The summed E-state index contributed by atoms with van der Waals surface area (Å²) in [4.78, 5) is 0.132. The van der Waals surface area contributed by atoms with Crippen LogP contribution in [0, 0.1) is 0 Å². The number of ether oxygens (including phenoxy) is 4. The molecule has 0 saturated carbocycles. The highest BCUT2D eigenvalue weighted by Gasteiger charge is 2.39. The molecule has 4 rings (SSSR count). The highest BCUT2D eigenvalue weighted by molar-refractivity contribution is 7.89. The molecular weight excluding hydrogens is 432 g/mol. The lowest BCUT2D eigenvalue weighted by molar-refractivity contribution is 0.289. The summed E-state index contributed by atoms with van der Waals surface area (Å²) < 4.78 is 52.8. The molecule has 0 radical (unpaired) electrons. The minimum Gasteiger partial charge on any atom is -0.497 e. The van der Waals surface area contributed by atoms with Crippen LogP contribution in [-0.4, -0.2) is 52.3 Å². The summed E-state index contributed by atoms with van der Waals surface area (Å²) in [6.07, 6.45) is 1.96. The molecule has 32 heavy (non-hydrogen) atoms. The van der Waals surface area contributed by atoms with Crippen molar-refractivity contribution in [1.82, 2.24) is 8.87 Å². The van der Waals surface area contributed by atoms with Crippen molar-refractivity contribution in [3.63, 3.8) is 0 Å². The van der Waals surface area contributed by atoms with Gasteiger partial charge in [0.15, 0.2) is 11.5 Å². The zero-order valence-corrected chi connectivity index (χ0v) is 19.3. The van der Waals surface area contributed by atoms with Crippen molar-refractivity contribution in [2.24, 2.45) is 0 Å². The van der Waals surface area contributed by atoms with Crippen molar-refractivity contribution >= 4 is 10.0 Å². The summed E-state index contributed by atoms with van der Waals surface area (Å²) in [6.45, 7) is 0.849. The third kappa shape index (κ3) is 3.67. The SMILES string of the molecule is COc1ccc(C2c3cccn3CCN2S(=O)(=O)c2ccc(OC)c(OC)c2)c(OC)c1. The molecule has 0 amide bonds. The number of sulfonamides is 1. The van der Waals surface area contributed by atoms with E-state index in [1.165, 1.54) is 30.7 Å². The van der Waals surface area contributed by atoms with Gasteiger partial charge in [-0.1, -0.05) is 0 Å². The zero-order valence-electron chi connectivity index (χ0n) is 18.4. The normalized spacial score (nSPS) is 16.3. The standard InChI is InChI=1S/C23H26N2O6S/c1-28-16-7-9-18(21(14-16)30-3)23-19-6-5-11-24(19)12-13-25(23)32(26,27)17-8-10-20(29-2)22(15-17)31-4/h5-11,14-15,23H,12-13H2,1-4H3. The predicted molar refractivity (Wildman–Crippen MR) is 119 cm³/mol. The van der Waals surface area contributed by atoms with Crippen LogP contribution in [0.3, 0.4) is 0 Å². The maximum Gasteiger partial charge on any atom is 0.244 e. The number of rotatable bonds is 7. The Morgan fingerprint density at radius 1 is 0.812 bits per heavy atom. The fraction of sp³-hybridized carbons (Fsp3) is 0.304. The quantitative estimate of drug-likeness (QED) is 0.541. The second-order valence-electron chi connectivity index (χ2n) is 7.27. The highest BCUT2D eigenvalue weighted by Crippen LogP contribution is 2.42. The van der Waals surface area contributed by atoms with Crippen molar-refractivity contribution < 1.29 is 27.4 Å². The zero-order chi connectivity index (χ0) is 22.9. The summed E-state index contributed by atoms with van der Waals surface area (Å²) in [5.41, 5.74) is 1.60. The maximum absolute atomic E-state index is 13.8. The molecule has 1 aliphatic heterocycles. The van der Waals surface area contributed by atoms with Crippen molar-refractivity contribution in [1.29, 1.82) is 0 Å². The summed E-state index contributed by atoms with van der Waals surface area (Å²) in [6, 6.07) is 13.3. The van der Waals surface area contributed by atoms with Crippen LogP contribution in [0.4, 0.5) is 0 Å². The van der Waals surface area contributed by atoms with Crippen molar-refractivity contribution in [2.45, 2.75) is 17.5 Å². The molecule has 1 aromatic heterocycles. The Bertz CT molecular complexity index is 1220. The van der Waals surface area contributed by atoms with E-state index in [1.54, 1.807) is 32.4 Å². The van der Waals surface area contributed by atoms with E-state index in [-0.39, 0.29) is 4.90 Å². The number of hydrogen-bond donors (Lipinski definition) is 0. The molecule has 1 aliphatic rings. The molecule has 0 N–H and O–H groups in total. The second-order valence-corrected chi connectivity index (χ2v) is 9.16. The Kier molecular flexibility index (Phi) is 6.03. The average Bonchev–Trinajstić information content (AvgIpc) is 3.31. The number of fused-ring (bicyclic) bond motifs is 1. The lowest BCUT2D eigenvalue weighted by Crippen LogP contribution is -2.42. The predicted octanol–water partition coefficient (Wildman–Crippen LogP) is 3.32. The summed E-state index contributed by atoms with van der Waals surface area (Å²) in [5.74, 6) is 2.00. The minimum atomic E-state index is -3.88. The molecular formula is C23H26N2O6S. The van der Waals surface area contributed by atoms with Crippen LogP contribution in [0.2, 0.25) is 0 Å². The molecule has 9 heteroatoms. The van der Waals surface area contributed by atoms with Crippen LogP contribution < -0.4 is 18.9 Å². The Labute approximate surface area is 187 Å². The van der Waals surface area contributed by atoms with E-state index in [0.29, 0.717) is 36.1 Å². The Balaban J connectivity index is 1.86. The molecule has 0 bridgehead atoms. The van der Waals surface area contributed by atoms with Gasteiger partial charge >= 0.3 is 0 Å². The number of aromatic nitrogens is 1. The molecule has 0 saturated heterocycles. The lowest BCUT2D eigenvalue weighted by atomic mass is 10.0. The monoisotopic (exact) mass is 458 g/mol. The lowest BCUT2D eigenvalue weighted by Gasteiger charge is -2.37. The second kappa shape index (κ2) is 8.76. The number of nitrogens with zero attached hydrogens (tertiary/aromatic N) is 2. The van der Waals surface area contributed by atoms with Gasteiger partial charge in [-0.2, -0.15) is 4.31 Å². The smallest absolute Gasteiger partial charge is 0.244 e. The first-order valence-corrected chi connectivity index (χ1v) is 11.5. The molecule has 0 spiro atoms. The third-order valence-electron chi connectivity index (χ3n) is 5.69. The first-order valence-electron chi connectivity index (χ1n) is 10.1. The van der Waals surface area contributed by atoms with Gasteiger partial charge < -0.3 is 23.5 Å². The van der Waals surface area contributed by atoms with Gasteiger partial charge in [-0.25, -0.2) is 8.42 Å². The van der Waals surface area contributed by atoms with Crippen LogP contribution in [0.25, 0.3) is 0 Å². The number of hydrogen-bond acceptors (Lipinski definition) is 6. The number of methoxy groups -OCH3 is 4. The van der Waals surface area contributed by atoms with Crippen LogP contribution >= 0.6 is 0 Å². The molecule has 0 fully saturated rings. The third-order valence-corrected chi connectivity index (χ3v) is 7.55. The van der Waals surface area contributed by atoms with Crippen LogP contribution in [0.15, 0.2) is 59.6 Å². The van der Waals surface area contributed by atoms with Gasteiger partial charge in [0.2, 0.25) is 10.0 Å². The van der Waals surface area contributed by atoms with Gasteiger partial charge in [0.1, 0.15) is 11.5 Å². The molecule has 170 valence electrons. The summed E-state index contributed by atoms with van der Waals surface area (Å²) in [7, 11) is 2.25. The van der Waals surface area contributed by atoms with E-state index in [0.717, 1.165) is 11.3 Å². The molecule has 3 aromatic rings. The topological polar surface area (TPSA) is 79.2 Å². The van der Waals surface area contributed by atoms with Crippen LogP contribution in [-0.2, 0) is 16.6 Å². The molecule has 1 unspecified atom stereocenters. The van der Waals surface area contributed by atoms with Gasteiger partial charge in [0.25, 0.3) is 0 Å². The first-order chi connectivity index (χ1) is 15.4. The van der Waals surface area contributed by atoms with E-state index < -0.39 is 16.1 Å². The summed E-state index contributed by atoms with van der Waals surface area (Å²) >= 11 is 0. The fourth-order valence-corrected chi connectivity index (χ4v) is 5.68. The van der Waals surface area contributed by atoms with Gasteiger partial charge in [-0.05, 0) is 36.4 Å². The Morgan fingerprint density at radius 2 is 1.56 bits per heavy atom. The fourth-order valence-electron chi connectivity index (χ4n) is 4.09. The van der Waals surface area contributed by atoms with Gasteiger partial charge in [0, 0.05) is 42.7 Å².